The van der Waals surface area contributed by atoms with E-state index in [1.807, 2.05) is 0 Å². The number of ether oxygens (including phenoxy) is 3. The monoisotopic (exact) mass is 374 g/mol. The van der Waals surface area contributed by atoms with Gasteiger partial charge in [-0.05, 0) is 123 Å². The summed E-state index contributed by atoms with van der Waals surface area (Å²) >= 11 is 0. The van der Waals surface area contributed by atoms with Gasteiger partial charge in [-0.2, -0.15) is 0 Å². The van der Waals surface area contributed by atoms with E-state index in [4.69, 9.17) is 14.2 Å². The summed E-state index contributed by atoms with van der Waals surface area (Å²) in [6, 6.07) is 0. The predicted molar refractivity (Wildman–Crippen MR) is 104 cm³/mol. The molecule has 0 saturated heterocycles. The zero-order valence-electron chi connectivity index (χ0n) is 17.0. The first-order chi connectivity index (χ1) is 13.2. The Hall–Kier alpha value is -0.120. The minimum absolute atomic E-state index is 0.419. The Balaban J connectivity index is 0.907. The molecule has 0 N–H and O–H groups in total. The van der Waals surface area contributed by atoms with Crippen molar-refractivity contribution in [1.29, 1.82) is 0 Å². The third kappa shape index (κ3) is 3.40. The van der Waals surface area contributed by atoms with Crippen LogP contribution in [0.25, 0.3) is 0 Å². The molecule has 0 atom stereocenters. The first kappa shape index (κ1) is 17.7. The Labute approximate surface area is 164 Å². The lowest BCUT2D eigenvalue weighted by atomic mass is 9.50. The van der Waals surface area contributed by atoms with Crippen molar-refractivity contribution in [2.75, 3.05) is 26.8 Å². The van der Waals surface area contributed by atoms with Gasteiger partial charge in [0.2, 0.25) is 0 Å². The van der Waals surface area contributed by atoms with Crippen LogP contribution in [0.5, 0.6) is 0 Å². The van der Waals surface area contributed by atoms with Crippen molar-refractivity contribution in [3.8, 4) is 0 Å². The largest absolute Gasteiger partial charge is 0.355 e. The third-order valence-corrected chi connectivity index (χ3v) is 9.48. The van der Waals surface area contributed by atoms with Crippen LogP contribution in [0.3, 0.4) is 0 Å². The van der Waals surface area contributed by atoms with Crippen molar-refractivity contribution in [3.05, 3.63) is 0 Å². The lowest BCUT2D eigenvalue weighted by molar-refractivity contribution is -0.182. The standard InChI is InChI=1S/C24H38O3/c1-17-2-19-3-18(1)8-23(7-17,9-19)13-25-15-27-16-26-14-24-10-20-4-21(11-24)6-22(5-20)12-24/h17-22H,1-16H2. The van der Waals surface area contributed by atoms with E-state index in [1.54, 1.807) is 0 Å². The fraction of sp³-hybridized carbons (Fsp3) is 1.00. The highest BCUT2D eigenvalue weighted by atomic mass is 16.7. The Morgan fingerprint density at radius 3 is 1.04 bits per heavy atom. The molecule has 0 radical (unpaired) electrons. The summed E-state index contributed by atoms with van der Waals surface area (Å²) in [6.07, 6.45) is 17.6. The van der Waals surface area contributed by atoms with E-state index < -0.39 is 0 Å². The Bertz CT molecular complexity index is 437. The summed E-state index contributed by atoms with van der Waals surface area (Å²) in [4.78, 5) is 0. The van der Waals surface area contributed by atoms with Crippen molar-refractivity contribution in [3.63, 3.8) is 0 Å². The van der Waals surface area contributed by atoms with Crippen molar-refractivity contribution in [1.82, 2.24) is 0 Å². The fourth-order valence-corrected chi connectivity index (χ4v) is 9.60. The van der Waals surface area contributed by atoms with Crippen LogP contribution in [0.4, 0.5) is 0 Å². The van der Waals surface area contributed by atoms with E-state index in [0.717, 1.165) is 48.7 Å². The predicted octanol–water partition coefficient (Wildman–Crippen LogP) is 5.38. The van der Waals surface area contributed by atoms with Gasteiger partial charge in [-0.15, -0.1) is 0 Å². The van der Waals surface area contributed by atoms with Gasteiger partial charge in [-0.25, -0.2) is 0 Å². The molecule has 3 nitrogen and oxygen atoms in total. The summed E-state index contributed by atoms with van der Waals surface area (Å²) in [5, 5.41) is 0. The molecule has 152 valence electrons. The van der Waals surface area contributed by atoms with Crippen molar-refractivity contribution < 1.29 is 14.2 Å². The quantitative estimate of drug-likeness (QED) is 0.421. The van der Waals surface area contributed by atoms with Gasteiger partial charge in [-0.1, -0.05) is 0 Å². The maximum absolute atomic E-state index is 6.01. The highest BCUT2D eigenvalue weighted by Gasteiger charge is 2.52. The molecule has 0 aromatic rings. The van der Waals surface area contributed by atoms with Gasteiger partial charge in [0.25, 0.3) is 0 Å². The second kappa shape index (κ2) is 6.71. The van der Waals surface area contributed by atoms with Gasteiger partial charge < -0.3 is 14.2 Å². The average molecular weight is 375 g/mol. The number of rotatable bonds is 8. The highest BCUT2D eigenvalue weighted by Crippen LogP contribution is 2.61. The van der Waals surface area contributed by atoms with Crippen LogP contribution < -0.4 is 0 Å². The van der Waals surface area contributed by atoms with Crippen molar-refractivity contribution in [2.45, 2.75) is 77.0 Å². The Morgan fingerprint density at radius 1 is 0.444 bits per heavy atom. The molecular weight excluding hydrogens is 336 g/mol. The second-order valence-corrected chi connectivity index (χ2v) is 12.0. The molecule has 0 aromatic carbocycles. The molecule has 8 saturated carbocycles. The smallest absolute Gasteiger partial charge is 0.149 e. The van der Waals surface area contributed by atoms with Crippen LogP contribution >= 0.6 is 0 Å². The van der Waals surface area contributed by atoms with Crippen LogP contribution in [-0.4, -0.2) is 26.8 Å². The van der Waals surface area contributed by atoms with E-state index in [-0.39, 0.29) is 0 Å². The minimum atomic E-state index is 0.419. The molecule has 8 bridgehead atoms. The summed E-state index contributed by atoms with van der Waals surface area (Å²) in [7, 11) is 0. The molecule has 8 fully saturated rings. The molecule has 0 heterocycles. The highest BCUT2D eigenvalue weighted by molar-refractivity contribution is 5.02. The second-order valence-electron chi connectivity index (χ2n) is 12.0. The molecule has 0 amide bonds. The van der Waals surface area contributed by atoms with E-state index in [2.05, 4.69) is 0 Å². The Morgan fingerprint density at radius 2 is 0.741 bits per heavy atom. The SMILES string of the molecule is C(OCOCC12CC3CC(CC(C3)C1)C2)OCC12CC3CC(CC(C3)C1)C2. The normalized spacial score (nSPS) is 52.0. The summed E-state index contributed by atoms with van der Waals surface area (Å²) in [5.41, 5.74) is 0.996. The van der Waals surface area contributed by atoms with Crippen LogP contribution in [-0.2, 0) is 14.2 Å². The van der Waals surface area contributed by atoms with Gasteiger partial charge in [0.05, 0.1) is 13.2 Å². The molecule has 0 aromatic heterocycles. The van der Waals surface area contributed by atoms with Gasteiger partial charge in [0.1, 0.15) is 13.6 Å². The van der Waals surface area contributed by atoms with Crippen molar-refractivity contribution >= 4 is 0 Å². The lowest BCUT2D eigenvalue weighted by Crippen LogP contribution is -2.48. The van der Waals surface area contributed by atoms with Gasteiger partial charge in [0, 0.05) is 0 Å². The average Bonchev–Trinajstić information content (AvgIpc) is 2.58. The molecular formula is C24H38O3. The van der Waals surface area contributed by atoms with Gasteiger partial charge >= 0.3 is 0 Å². The van der Waals surface area contributed by atoms with Crippen LogP contribution in [0.2, 0.25) is 0 Å². The van der Waals surface area contributed by atoms with Crippen LogP contribution in [0, 0.1) is 46.3 Å². The minimum Gasteiger partial charge on any atom is -0.355 e. The van der Waals surface area contributed by atoms with Gasteiger partial charge in [0.15, 0.2) is 0 Å². The molecule has 8 aliphatic rings. The number of hydrogen-bond donors (Lipinski definition) is 0. The summed E-state index contributed by atoms with van der Waals surface area (Å²) in [5.74, 6) is 6.02. The molecule has 0 aliphatic heterocycles. The first-order valence-electron chi connectivity index (χ1n) is 11.9. The van der Waals surface area contributed by atoms with Crippen LogP contribution in [0.15, 0.2) is 0 Å². The van der Waals surface area contributed by atoms with E-state index in [0.29, 0.717) is 24.4 Å². The molecule has 0 spiro atoms. The van der Waals surface area contributed by atoms with Gasteiger partial charge in [-0.3, -0.25) is 0 Å². The lowest BCUT2D eigenvalue weighted by Gasteiger charge is -2.56. The molecule has 0 unspecified atom stereocenters. The molecule has 8 aliphatic carbocycles. The Kier molecular flexibility index (Phi) is 4.40. The fourth-order valence-electron chi connectivity index (χ4n) is 9.60. The zero-order chi connectivity index (χ0) is 17.9. The third-order valence-electron chi connectivity index (χ3n) is 9.48. The summed E-state index contributed by atoms with van der Waals surface area (Å²) < 4.78 is 17.7. The van der Waals surface area contributed by atoms with E-state index in [9.17, 15) is 0 Å². The van der Waals surface area contributed by atoms with Crippen molar-refractivity contribution in [2.24, 2.45) is 46.3 Å². The van der Waals surface area contributed by atoms with Crippen LogP contribution in [0.1, 0.15) is 77.0 Å². The summed E-state index contributed by atoms with van der Waals surface area (Å²) in [6.45, 7) is 2.68. The zero-order valence-corrected chi connectivity index (χ0v) is 17.0. The molecule has 3 heteroatoms. The maximum atomic E-state index is 6.01. The first-order valence-corrected chi connectivity index (χ1v) is 11.9. The maximum Gasteiger partial charge on any atom is 0.149 e. The van der Waals surface area contributed by atoms with E-state index >= 15 is 0 Å². The molecule has 27 heavy (non-hydrogen) atoms. The topological polar surface area (TPSA) is 27.7 Å². The van der Waals surface area contributed by atoms with E-state index in [1.165, 1.54) is 77.0 Å². The number of hydrogen-bond acceptors (Lipinski definition) is 3. The molecule has 8 rings (SSSR count).